The third-order valence-electron chi connectivity index (χ3n) is 5.10. The summed E-state index contributed by atoms with van der Waals surface area (Å²) in [6.45, 7) is 8.91. The average molecular weight is 469 g/mol. The van der Waals surface area contributed by atoms with Gasteiger partial charge in [-0.3, -0.25) is 0 Å². The number of aliphatic hydroxyl groups excluding tert-OH is 2. The lowest BCUT2D eigenvalue weighted by Gasteiger charge is -2.21. The zero-order valence-corrected chi connectivity index (χ0v) is 18.5. The highest BCUT2D eigenvalue weighted by Gasteiger charge is 2.30. The Morgan fingerprint density at radius 3 is 2.67 bits per heavy atom. The minimum atomic E-state index is -1.38. The molecule has 4 rings (SSSR count). The molecule has 9 nitrogen and oxygen atoms in total. The van der Waals surface area contributed by atoms with E-state index in [-0.39, 0.29) is 22.4 Å². The molecular formula is C23H21ClN4O5. The number of halogens is 1. The maximum atomic E-state index is 9.51. The van der Waals surface area contributed by atoms with Crippen molar-refractivity contribution in [3.05, 3.63) is 58.6 Å². The zero-order valence-electron chi connectivity index (χ0n) is 17.7. The SMILES string of the molecule is [C-]#[N+]c1cc(-c2nc(-c3ccc4oc(C(N)(CO)CO)cc4c3)no2)cc(Cl)c1OCCC. The molecular weight excluding hydrogens is 448 g/mol. The Morgan fingerprint density at radius 1 is 1.18 bits per heavy atom. The third kappa shape index (κ3) is 4.29. The third-order valence-corrected chi connectivity index (χ3v) is 5.38. The quantitative estimate of drug-likeness (QED) is 0.326. The summed E-state index contributed by atoms with van der Waals surface area (Å²) in [7, 11) is 0. The van der Waals surface area contributed by atoms with Crippen molar-refractivity contribution in [2.24, 2.45) is 5.73 Å². The Balaban J connectivity index is 1.67. The van der Waals surface area contributed by atoms with Crippen LogP contribution >= 0.6 is 11.6 Å². The number of aromatic nitrogens is 2. The highest BCUT2D eigenvalue weighted by Crippen LogP contribution is 2.40. The zero-order chi connectivity index (χ0) is 23.6. The van der Waals surface area contributed by atoms with Crippen LogP contribution in [0.1, 0.15) is 19.1 Å². The van der Waals surface area contributed by atoms with Gasteiger partial charge in [-0.2, -0.15) is 4.98 Å². The topological polar surface area (TPSA) is 132 Å². The van der Waals surface area contributed by atoms with Crippen LogP contribution < -0.4 is 10.5 Å². The predicted molar refractivity (Wildman–Crippen MR) is 122 cm³/mol. The second-order valence-corrected chi connectivity index (χ2v) is 7.93. The molecule has 0 atom stereocenters. The van der Waals surface area contributed by atoms with Gasteiger partial charge in [0.15, 0.2) is 0 Å². The van der Waals surface area contributed by atoms with Crippen molar-refractivity contribution < 1.29 is 23.9 Å². The van der Waals surface area contributed by atoms with E-state index in [1.807, 2.05) is 6.92 Å². The molecule has 0 amide bonds. The van der Waals surface area contributed by atoms with Gasteiger partial charge < -0.3 is 29.6 Å². The van der Waals surface area contributed by atoms with Crippen LogP contribution in [0.15, 0.2) is 45.3 Å². The van der Waals surface area contributed by atoms with Crippen molar-refractivity contribution in [3.63, 3.8) is 0 Å². The van der Waals surface area contributed by atoms with Crippen LogP contribution in [0.25, 0.3) is 38.7 Å². The molecule has 4 aromatic rings. The summed E-state index contributed by atoms with van der Waals surface area (Å²) in [5.74, 6) is 1.12. The molecule has 0 radical (unpaired) electrons. The number of nitrogens with zero attached hydrogens (tertiary/aromatic N) is 3. The summed E-state index contributed by atoms with van der Waals surface area (Å²) in [6, 6.07) is 10.1. The Bertz CT molecular complexity index is 1340. The predicted octanol–water partition coefficient (Wildman–Crippen LogP) is 4.28. The van der Waals surface area contributed by atoms with E-state index in [1.165, 1.54) is 0 Å². The summed E-state index contributed by atoms with van der Waals surface area (Å²) in [5, 5.41) is 24.0. The average Bonchev–Trinajstić information content (AvgIpc) is 3.49. The highest BCUT2D eigenvalue weighted by atomic mass is 35.5. The summed E-state index contributed by atoms with van der Waals surface area (Å²) in [6.07, 6.45) is 0.789. The summed E-state index contributed by atoms with van der Waals surface area (Å²) in [4.78, 5) is 7.94. The molecule has 33 heavy (non-hydrogen) atoms. The molecule has 0 saturated heterocycles. The van der Waals surface area contributed by atoms with E-state index < -0.39 is 18.8 Å². The number of nitrogens with two attached hydrogens (primary N) is 1. The van der Waals surface area contributed by atoms with Gasteiger partial charge in [-0.25, -0.2) is 4.85 Å². The first-order valence-electron chi connectivity index (χ1n) is 10.2. The Kier molecular flexibility index (Phi) is 6.35. The molecule has 0 bridgehead atoms. The second-order valence-electron chi connectivity index (χ2n) is 7.53. The van der Waals surface area contributed by atoms with Gasteiger partial charge in [0.1, 0.15) is 22.6 Å². The van der Waals surface area contributed by atoms with Crippen LogP contribution in [0.4, 0.5) is 5.69 Å². The lowest BCUT2D eigenvalue weighted by molar-refractivity contribution is 0.105. The second kappa shape index (κ2) is 9.21. The number of hydrogen-bond acceptors (Lipinski definition) is 8. The Hall–Kier alpha value is -3.42. The van der Waals surface area contributed by atoms with Crippen molar-refractivity contribution in [1.82, 2.24) is 10.1 Å². The first kappa shape index (κ1) is 22.8. The van der Waals surface area contributed by atoms with Crippen LogP contribution in [0.3, 0.4) is 0 Å². The molecule has 0 saturated carbocycles. The maximum absolute atomic E-state index is 9.51. The highest BCUT2D eigenvalue weighted by molar-refractivity contribution is 6.33. The van der Waals surface area contributed by atoms with E-state index in [0.29, 0.717) is 40.3 Å². The van der Waals surface area contributed by atoms with Crippen LogP contribution in [0.2, 0.25) is 5.02 Å². The number of aliphatic hydroxyl groups is 2. The van der Waals surface area contributed by atoms with Crippen molar-refractivity contribution in [3.8, 4) is 28.6 Å². The first-order chi connectivity index (χ1) is 15.9. The molecule has 0 aliphatic rings. The molecule has 0 aliphatic carbocycles. The standard InChI is InChI=1S/C23H21ClN4O5/c1-3-6-31-20-16(24)8-15(9-17(20)26-2)22-27-21(28-33-22)13-4-5-18-14(7-13)10-19(32-18)23(25,11-29)12-30/h4-5,7-10,29-30H,3,6,11-12,25H2,1H3. The van der Waals surface area contributed by atoms with Gasteiger partial charge in [0.25, 0.3) is 5.89 Å². The fraction of sp³-hybridized carbons (Fsp3) is 0.261. The van der Waals surface area contributed by atoms with E-state index in [2.05, 4.69) is 15.0 Å². The van der Waals surface area contributed by atoms with Crippen LogP contribution in [-0.4, -0.2) is 40.2 Å². The van der Waals surface area contributed by atoms with Crippen molar-refractivity contribution in [2.75, 3.05) is 19.8 Å². The van der Waals surface area contributed by atoms with Crippen molar-refractivity contribution >= 4 is 28.3 Å². The molecule has 2 aromatic carbocycles. The number of fused-ring (bicyclic) bond motifs is 1. The number of rotatable bonds is 8. The fourth-order valence-corrected chi connectivity index (χ4v) is 3.49. The number of hydrogen-bond donors (Lipinski definition) is 3. The summed E-state index contributed by atoms with van der Waals surface area (Å²) in [5.41, 5.74) is 6.56. The molecule has 170 valence electrons. The molecule has 4 N–H and O–H groups in total. The summed E-state index contributed by atoms with van der Waals surface area (Å²) < 4.78 is 16.7. The molecule has 2 aromatic heterocycles. The van der Waals surface area contributed by atoms with E-state index >= 15 is 0 Å². The minimum absolute atomic E-state index is 0.202. The van der Waals surface area contributed by atoms with Gasteiger partial charge in [-0.1, -0.05) is 23.7 Å². The van der Waals surface area contributed by atoms with Gasteiger partial charge in [0.05, 0.1) is 31.4 Å². The van der Waals surface area contributed by atoms with Crippen LogP contribution in [0.5, 0.6) is 5.75 Å². The minimum Gasteiger partial charge on any atom is -0.503 e. The monoisotopic (exact) mass is 468 g/mol. The van der Waals surface area contributed by atoms with E-state index in [4.69, 9.17) is 37.6 Å². The molecule has 0 fully saturated rings. The molecule has 0 aliphatic heterocycles. The Morgan fingerprint density at radius 2 is 1.97 bits per heavy atom. The van der Waals surface area contributed by atoms with Gasteiger partial charge >= 0.3 is 0 Å². The van der Waals surface area contributed by atoms with Gasteiger partial charge in [-0.15, -0.1) is 0 Å². The lowest BCUT2D eigenvalue weighted by Crippen LogP contribution is -2.43. The van der Waals surface area contributed by atoms with Gasteiger partial charge in [0, 0.05) is 16.5 Å². The maximum Gasteiger partial charge on any atom is 0.257 e. The van der Waals surface area contributed by atoms with Crippen molar-refractivity contribution in [1.29, 1.82) is 0 Å². The summed E-state index contributed by atoms with van der Waals surface area (Å²) >= 11 is 6.34. The van der Waals surface area contributed by atoms with E-state index in [1.54, 1.807) is 36.4 Å². The first-order valence-corrected chi connectivity index (χ1v) is 10.5. The van der Waals surface area contributed by atoms with Gasteiger partial charge in [0.2, 0.25) is 11.5 Å². The van der Waals surface area contributed by atoms with Gasteiger partial charge in [-0.05, 0) is 42.8 Å². The molecule has 0 spiro atoms. The Labute approximate surface area is 194 Å². The van der Waals surface area contributed by atoms with Crippen LogP contribution in [-0.2, 0) is 5.54 Å². The number of benzene rings is 2. The molecule has 10 heteroatoms. The normalized spacial score (nSPS) is 11.6. The lowest BCUT2D eigenvalue weighted by atomic mass is 10.00. The number of furan rings is 1. The fourth-order valence-electron chi connectivity index (χ4n) is 3.22. The molecule has 2 heterocycles. The smallest absolute Gasteiger partial charge is 0.257 e. The van der Waals surface area contributed by atoms with Crippen LogP contribution in [0, 0.1) is 6.57 Å². The molecule has 0 unspecified atom stereocenters. The van der Waals surface area contributed by atoms with Crippen molar-refractivity contribution in [2.45, 2.75) is 18.9 Å². The number of ether oxygens (including phenoxy) is 1. The van der Waals surface area contributed by atoms with E-state index in [0.717, 1.165) is 6.42 Å². The largest absolute Gasteiger partial charge is 0.503 e. The van der Waals surface area contributed by atoms with E-state index in [9.17, 15) is 10.2 Å².